The Morgan fingerprint density at radius 3 is 2.96 bits per heavy atom. The van der Waals surface area contributed by atoms with Crippen molar-refractivity contribution in [2.24, 2.45) is 5.92 Å². The summed E-state index contributed by atoms with van der Waals surface area (Å²) in [6.07, 6.45) is 7.42. The van der Waals surface area contributed by atoms with Crippen molar-refractivity contribution in [2.75, 3.05) is 6.61 Å². The molecule has 1 aromatic heterocycles. The number of aromatic nitrogens is 2. The van der Waals surface area contributed by atoms with Gasteiger partial charge in [0, 0.05) is 29.9 Å². The van der Waals surface area contributed by atoms with Crippen LogP contribution in [0.4, 0.5) is 0 Å². The van der Waals surface area contributed by atoms with Crippen molar-refractivity contribution in [2.45, 2.75) is 57.6 Å². The number of ether oxygens (including phenoxy) is 1. The van der Waals surface area contributed by atoms with E-state index in [1.807, 2.05) is 23.0 Å². The molecule has 2 heterocycles. The maximum absolute atomic E-state index is 12.0. The molecular formula is C19H23ClN2O2. The molecule has 0 N–H and O–H groups in total. The Morgan fingerprint density at radius 1 is 1.29 bits per heavy atom. The molecule has 4 nitrogen and oxygen atoms in total. The number of hydrogen-bond donors (Lipinski definition) is 0. The summed E-state index contributed by atoms with van der Waals surface area (Å²) in [7, 11) is 0. The molecule has 5 heteroatoms. The number of Topliss-reactive ketones (excluding diaryl/α,β-unsaturated/α-hetero) is 1. The number of ketones is 1. The van der Waals surface area contributed by atoms with E-state index in [1.165, 1.54) is 6.42 Å². The van der Waals surface area contributed by atoms with Crippen LogP contribution in [-0.2, 0) is 9.53 Å². The minimum absolute atomic E-state index is 0.00990. The number of carbonyl (C=O) groups excluding carboxylic acids is 1. The molecule has 128 valence electrons. The van der Waals surface area contributed by atoms with E-state index in [0.717, 1.165) is 47.4 Å². The zero-order chi connectivity index (χ0) is 16.7. The molecule has 2 aliphatic rings. The molecule has 1 aliphatic heterocycles. The van der Waals surface area contributed by atoms with Crippen molar-refractivity contribution in [3.63, 3.8) is 0 Å². The topological polar surface area (TPSA) is 44.1 Å². The van der Waals surface area contributed by atoms with Gasteiger partial charge >= 0.3 is 0 Å². The molecule has 1 aliphatic carbocycles. The minimum atomic E-state index is 0.00990. The van der Waals surface area contributed by atoms with Gasteiger partial charge in [-0.2, -0.15) is 5.10 Å². The highest BCUT2D eigenvalue weighted by Gasteiger charge is 2.31. The average Bonchev–Trinajstić information content (AvgIpc) is 3.02. The quantitative estimate of drug-likeness (QED) is 0.779. The number of fused-ring (bicyclic) bond motifs is 1. The van der Waals surface area contributed by atoms with Crippen molar-refractivity contribution < 1.29 is 9.53 Å². The van der Waals surface area contributed by atoms with Gasteiger partial charge in [0.05, 0.1) is 11.7 Å². The standard InChI is InChI=1S/C19H23ClN2O2/c1-12-5-6-13(23)10-14(12)19-15-11-21-22(17(15)8-7-16(19)20)18-4-2-3-9-24-18/h7-8,11-12,14,18H,2-6,9-10H2,1H3. The number of rotatable bonds is 2. The third kappa shape index (κ3) is 2.76. The second-order valence-electron chi connectivity index (χ2n) is 7.17. The maximum atomic E-state index is 12.0. The molecule has 3 unspecified atom stereocenters. The fourth-order valence-electron chi connectivity index (χ4n) is 4.16. The molecule has 3 atom stereocenters. The molecule has 2 aromatic rings. The van der Waals surface area contributed by atoms with Gasteiger partial charge in [0.2, 0.25) is 0 Å². The van der Waals surface area contributed by atoms with Crippen molar-refractivity contribution in [3.05, 3.63) is 28.9 Å². The highest BCUT2D eigenvalue weighted by molar-refractivity contribution is 6.32. The van der Waals surface area contributed by atoms with Gasteiger partial charge in [0.15, 0.2) is 6.23 Å². The van der Waals surface area contributed by atoms with Crippen molar-refractivity contribution >= 4 is 28.3 Å². The van der Waals surface area contributed by atoms with Gasteiger partial charge in [-0.25, -0.2) is 4.68 Å². The number of halogens is 1. The van der Waals surface area contributed by atoms with E-state index < -0.39 is 0 Å². The summed E-state index contributed by atoms with van der Waals surface area (Å²) in [5.41, 5.74) is 2.16. The van der Waals surface area contributed by atoms with Gasteiger partial charge in [-0.05, 0) is 55.2 Å². The molecule has 0 spiro atoms. The predicted molar refractivity (Wildman–Crippen MR) is 94.3 cm³/mol. The van der Waals surface area contributed by atoms with Crippen LogP contribution in [-0.4, -0.2) is 22.2 Å². The lowest BCUT2D eigenvalue weighted by atomic mass is 9.75. The highest BCUT2D eigenvalue weighted by atomic mass is 35.5. The molecule has 4 rings (SSSR count). The lowest BCUT2D eigenvalue weighted by Gasteiger charge is -2.29. The third-order valence-electron chi connectivity index (χ3n) is 5.58. The first-order valence-corrected chi connectivity index (χ1v) is 9.32. The van der Waals surface area contributed by atoms with Gasteiger partial charge in [-0.1, -0.05) is 18.5 Å². The van der Waals surface area contributed by atoms with E-state index in [9.17, 15) is 4.79 Å². The van der Waals surface area contributed by atoms with E-state index in [1.54, 1.807) is 0 Å². The van der Waals surface area contributed by atoms with Crippen LogP contribution in [0.2, 0.25) is 5.02 Å². The predicted octanol–water partition coefficient (Wildman–Crippen LogP) is 4.86. The Morgan fingerprint density at radius 2 is 2.17 bits per heavy atom. The zero-order valence-corrected chi connectivity index (χ0v) is 14.8. The van der Waals surface area contributed by atoms with Crippen molar-refractivity contribution in [1.82, 2.24) is 9.78 Å². The molecular weight excluding hydrogens is 324 g/mol. The van der Waals surface area contributed by atoms with Crippen molar-refractivity contribution in [3.8, 4) is 0 Å². The summed E-state index contributed by atoms with van der Waals surface area (Å²) in [5, 5.41) is 6.43. The Labute approximate surface area is 147 Å². The van der Waals surface area contributed by atoms with Crippen LogP contribution in [0.15, 0.2) is 18.3 Å². The van der Waals surface area contributed by atoms with Gasteiger partial charge in [-0.15, -0.1) is 0 Å². The van der Waals surface area contributed by atoms with Crippen LogP contribution < -0.4 is 0 Å². The summed E-state index contributed by atoms with van der Waals surface area (Å²) >= 11 is 6.57. The molecule has 0 bridgehead atoms. The van der Waals surface area contributed by atoms with E-state index >= 15 is 0 Å². The van der Waals surface area contributed by atoms with E-state index in [0.29, 0.717) is 24.5 Å². The van der Waals surface area contributed by atoms with Crippen LogP contribution >= 0.6 is 11.6 Å². The Kier molecular flexibility index (Phi) is 4.35. The Bertz CT molecular complexity index is 764. The number of nitrogens with zero attached hydrogens (tertiary/aromatic N) is 2. The first kappa shape index (κ1) is 16.1. The van der Waals surface area contributed by atoms with Crippen LogP contribution in [0.25, 0.3) is 10.9 Å². The largest absolute Gasteiger partial charge is 0.356 e. The van der Waals surface area contributed by atoms with Crippen LogP contribution in [0, 0.1) is 5.92 Å². The smallest absolute Gasteiger partial charge is 0.150 e. The molecule has 1 saturated carbocycles. The lowest BCUT2D eigenvalue weighted by Crippen LogP contribution is -2.22. The summed E-state index contributed by atoms with van der Waals surface area (Å²) in [6, 6.07) is 3.98. The van der Waals surface area contributed by atoms with E-state index in [4.69, 9.17) is 16.3 Å². The molecule has 1 saturated heterocycles. The lowest BCUT2D eigenvalue weighted by molar-refractivity contribution is -0.121. The first-order chi connectivity index (χ1) is 11.6. The summed E-state index contributed by atoms with van der Waals surface area (Å²) in [4.78, 5) is 12.0. The molecule has 0 radical (unpaired) electrons. The fourth-order valence-corrected chi connectivity index (χ4v) is 4.47. The van der Waals surface area contributed by atoms with Crippen LogP contribution in [0.1, 0.15) is 63.2 Å². The van der Waals surface area contributed by atoms with Crippen LogP contribution in [0.3, 0.4) is 0 Å². The summed E-state index contributed by atoms with van der Waals surface area (Å²) in [6.45, 7) is 3.02. The fraction of sp³-hybridized carbons (Fsp3) is 0.579. The monoisotopic (exact) mass is 346 g/mol. The third-order valence-corrected chi connectivity index (χ3v) is 5.91. The van der Waals surface area contributed by atoms with Gasteiger partial charge < -0.3 is 4.74 Å². The second-order valence-corrected chi connectivity index (χ2v) is 7.58. The highest BCUT2D eigenvalue weighted by Crippen LogP contribution is 2.43. The Hall–Kier alpha value is -1.39. The number of carbonyl (C=O) groups is 1. The molecule has 1 aromatic carbocycles. The van der Waals surface area contributed by atoms with Crippen LogP contribution in [0.5, 0.6) is 0 Å². The second kappa shape index (κ2) is 6.49. The number of benzene rings is 1. The first-order valence-electron chi connectivity index (χ1n) is 8.94. The summed E-state index contributed by atoms with van der Waals surface area (Å²) < 4.78 is 7.89. The summed E-state index contributed by atoms with van der Waals surface area (Å²) in [5.74, 6) is 0.988. The number of hydrogen-bond acceptors (Lipinski definition) is 3. The molecule has 2 fully saturated rings. The molecule has 0 amide bonds. The van der Waals surface area contributed by atoms with E-state index in [-0.39, 0.29) is 12.1 Å². The van der Waals surface area contributed by atoms with Crippen molar-refractivity contribution in [1.29, 1.82) is 0 Å². The average molecular weight is 347 g/mol. The Balaban J connectivity index is 1.79. The normalized spacial score (nSPS) is 28.4. The van der Waals surface area contributed by atoms with Gasteiger partial charge in [0.25, 0.3) is 0 Å². The maximum Gasteiger partial charge on any atom is 0.150 e. The SMILES string of the molecule is CC1CCC(=O)CC1c1c(Cl)ccc2c1cnn2C1CCCCO1. The molecule has 24 heavy (non-hydrogen) atoms. The van der Waals surface area contributed by atoms with Gasteiger partial charge in [0.1, 0.15) is 5.78 Å². The van der Waals surface area contributed by atoms with E-state index in [2.05, 4.69) is 12.0 Å². The zero-order valence-electron chi connectivity index (χ0n) is 14.0. The minimum Gasteiger partial charge on any atom is -0.356 e. The van der Waals surface area contributed by atoms with Gasteiger partial charge in [-0.3, -0.25) is 4.79 Å².